The smallest absolute Gasteiger partial charge is 0.432 e. The third-order valence-electron chi connectivity index (χ3n) is 6.10. The van der Waals surface area contributed by atoms with Gasteiger partial charge in [-0.3, -0.25) is 0 Å². The maximum Gasteiger partial charge on any atom is 0.527 e. The lowest BCUT2D eigenvalue weighted by Gasteiger charge is -2.33. The van der Waals surface area contributed by atoms with E-state index < -0.39 is 64.4 Å². The molecule has 2 aromatic carbocycles. The van der Waals surface area contributed by atoms with Crippen LogP contribution in [0.2, 0.25) is 0 Å². The average Bonchev–Trinajstić information content (AvgIpc) is 2.71. The summed E-state index contributed by atoms with van der Waals surface area (Å²) in [5, 5.41) is 0. The van der Waals surface area contributed by atoms with Gasteiger partial charge in [-0.25, -0.2) is 17.9 Å². The highest BCUT2D eigenvalue weighted by molar-refractivity contribution is 5.66. The van der Waals surface area contributed by atoms with Crippen LogP contribution in [0.25, 0.3) is 11.1 Å². The summed E-state index contributed by atoms with van der Waals surface area (Å²) >= 11 is 0. The first-order valence-corrected chi connectivity index (χ1v) is 11.1. The molecule has 12 heteroatoms. The van der Waals surface area contributed by atoms with Gasteiger partial charge in [0.25, 0.3) is 0 Å². The number of alkyl halides is 7. The van der Waals surface area contributed by atoms with Crippen LogP contribution in [0.3, 0.4) is 0 Å². The van der Waals surface area contributed by atoms with Crippen molar-refractivity contribution in [3.63, 3.8) is 0 Å². The molecule has 3 rings (SSSR count). The van der Waals surface area contributed by atoms with Crippen LogP contribution in [0, 0.1) is 29.3 Å². The molecule has 1 aliphatic rings. The van der Waals surface area contributed by atoms with E-state index >= 15 is 0 Å². The van der Waals surface area contributed by atoms with Crippen LogP contribution in [0.1, 0.15) is 51.0 Å². The summed E-state index contributed by atoms with van der Waals surface area (Å²) < 4.78 is 143. The molecule has 1 aliphatic carbocycles. The van der Waals surface area contributed by atoms with Crippen LogP contribution in [0.15, 0.2) is 30.3 Å². The fourth-order valence-electron chi connectivity index (χ4n) is 4.43. The molecule has 0 unspecified atom stereocenters. The highest BCUT2D eigenvalue weighted by Crippen LogP contribution is 2.43. The lowest BCUT2D eigenvalue weighted by molar-refractivity contribution is -0.432. The second-order valence-corrected chi connectivity index (χ2v) is 8.69. The van der Waals surface area contributed by atoms with Crippen molar-refractivity contribution in [3.8, 4) is 16.9 Å². The lowest BCUT2D eigenvalue weighted by atomic mass is 9.79. The van der Waals surface area contributed by atoms with E-state index in [9.17, 15) is 43.9 Å². The van der Waals surface area contributed by atoms with E-state index in [-0.39, 0.29) is 25.0 Å². The molecule has 0 saturated heterocycles. The highest BCUT2D eigenvalue weighted by atomic mass is 19.4. The van der Waals surface area contributed by atoms with E-state index in [1.54, 1.807) is 0 Å². The summed E-state index contributed by atoms with van der Waals surface area (Å²) in [6, 6.07) is 2.62. The molecule has 0 radical (unpaired) electrons. The van der Waals surface area contributed by atoms with Gasteiger partial charge in [-0.1, -0.05) is 19.8 Å². The van der Waals surface area contributed by atoms with Crippen molar-refractivity contribution in [3.05, 3.63) is 53.3 Å². The minimum atomic E-state index is -5.90. The Morgan fingerprint density at radius 1 is 0.806 bits per heavy atom. The largest absolute Gasteiger partial charge is 0.527 e. The molecule has 0 amide bonds. The van der Waals surface area contributed by atoms with E-state index in [4.69, 9.17) is 4.74 Å². The maximum absolute atomic E-state index is 14.6. The van der Waals surface area contributed by atoms with Crippen LogP contribution in [-0.4, -0.2) is 12.5 Å². The SMILES string of the molecule is CCCC1CCC(C(F)(F)Oc2ccc(-c3cc(F)c(C(F)(F)OC(F)(F)F)c(F)c3)c(F)c2)CC1. The van der Waals surface area contributed by atoms with Crippen LogP contribution >= 0.6 is 0 Å². The van der Waals surface area contributed by atoms with Crippen molar-refractivity contribution in [1.82, 2.24) is 0 Å². The number of rotatable bonds is 8. The summed E-state index contributed by atoms with van der Waals surface area (Å²) in [4.78, 5) is 0. The Balaban J connectivity index is 1.79. The zero-order valence-electron chi connectivity index (χ0n) is 18.9. The van der Waals surface area contributed by atoms with Crippen molar-refractivity contribution >= 4 is 0 Å². The quantitative estimate of drug-likeness (QED) is 0.316. The Labute approximate surface area is 200 Å². The second-order valence-electron chi connectivity index (χ2n) is 8.69. The van der Waals surface area contributed by atoms with Crippen LogP contribution < -0.4 is 4.74 Å². The van der Waals surface area contributed by atoms with Crippen molar-refractivity contribution in [2.75, 3.05) is 0 Å². The zero-order chi connectivity index (χ0) is 26.9. The molecule has 0 bridgehead atoms. The maximum atomic E-state index is 14.6. The molecule has 1 saturated carbocycles. The molecular formula is C24H22F10O2. The van der Waals surface area contributed by atoms with Crippen LogP contribution in [-0.2, 0) is 10.8 Å². The predicted octanol–water partition coefficient (Wildman–Crippen LogP) is 8.93. The van der Waals surface area contributed by atoms with E-state index in [1.165, 1.54) is 0 Å². The van der Waals surface area contributed by atoms with E-state index in [1.807, 2.05) is 6.92 Å². The first kappa shape index (κ1) is 28.1. The van der Waals surface area contributed by atoms with Gasteiger partial charge in [-0.05, 0) is 61.4 Å². The molecule has 2 aromatic rings. The van der Waals surface area contributed by atoms with Gasteiger partial charge in [0.2, 0.25) is 0 Å². The first-order valence-electron chi connectivity index (χ1n) is 11.1. The van der Waals surface area contributed by atoms with Crippen molar-refractivity contribution in [2.45, 2.75) is 64.0 Å². The average molecular weight is 532 g/mol. The van der Waals surface area contributed by atoms with Crippen LogP contribution in [0.5, 0.6) is 5.75 Å². The van der Waals surface area contributed by atoms with Gasteiger partial charge in [0.1, 0.15) is 28.8 Å². The third kappa shape index (κ3) is 6.63. The van der Waals surface area contributed by atoms with Gasteiger partial charge in [0.05, 0.1) is 5.92 Å². The Morgan fingerprint density at radius 2 is 1.39 bits per heavy atom. The third-order valence-corrected chi connectivity index (χ3v) is 6.10. The molecular weight excluding hydrogens is 510 g/mol. The minimum Gasteiger partial charge on any atom is -0.432 e. The molecule has 2 nitrogen and oxygen atoms in total. The minimum absolute atomic E-state index is 0.175. The Morgan fingerprint density at radius 3 is 1.89 bits per heavy atom. The Bertz CT molecular complexity index is 1040. The molecule has 0 atom stereocenters. The van der Waals surface area contributed by atoms with Gasteiger partial charge >= 0.3 is 18.6 Å². The van der Waals surface area contributed by atoms with Gasteiger partial charge in [-0.15, -0.1) is 13.2 Å². The molecule has 0 aromatic heterocycles. The summed E-state index contributed by atoms with van der Waals surface area (Å²) in [5.74, 6) is -6.83. The summed E-state index contributed by atoms with van der Waals surface area (Å²) in [6.07, 6.45) is -11.3. The predicted molar refractivity (Wildman–Crippen MR) is 109 cm³/mol. The number of hydrogen-bond acceptors (Lipinski definition) is 2. The molecule has 0 spiro atoms. The zero-order valence-corrected chi connectivity index (χ0v) is 18.9. The molecule has 0 N–H and O–H groups in total. The van der Waals surface area contributed by atoms with Gasteiger partial charge in [0, 0.05) is 11.6 Å². The molecule has 200 valence electrons. The fraction of sp³-hybridized carbons (Fsp3) is 0.500. The number of benzene rings is 2. The molecule has 0 heterocycles. The first-order chi connectivity index (χ1) is 16.6. The summed E-state index contributed by atoms with van der Waals surface area (Å²) in [5.41, 5.74) is -3.58. The van der Waals surface area contributed by atoms with E-state index in [2.05, 4.69) is 4.74 Å². The number of ether oxygens (including phenoxy) is 2. The van der Waals surface area contributed by atoms with Gasteiger partial charge in [0.15, 0.2) is 0 Å². The lowest BCUT2D eigenvalue weighted by Crippen LogP contribution is -2.37. The topological polar surface area (TPSA) is 18.5 Å². The van der Waals surface area contributed by atoms with Crippen molar-refractivity contribution in [1.29, 1.82) is 0 Å². The Kier molecular flexibility index (Phi) is 8.17. The normalized spacial score (nSPS) is 19.4. The molecule has 36 heavy (non-hydrogen) atoms. The fourth-order valence-corrected chi connectivity index (χ4v) is 4.43. The number of halogens is 10. The standard InChI is InChI=1S/C24H22F10O2/c1-2-3-13-4-6-15(7-5-13)22(28,29)35-16-8-9-17(18(25)12-16)14-10-19(26)21(20(27)11-14)23(30,31)36-24(32,33)34/h8-13,15H,2-7H2,1H3. The van der Waals surface area contributed by atoms with Crippen molar-refractivity contribution < 1.29 is 53.4 Å². The Hall–Kier alpha value is -2.50. The number of hydrogen-bond donors (Lipinski definition) is 0. The van der Waals surface area contributed by atoms with E-state index in [0.717, 1.165) is 25.0 Å². The second kappa shape index (κ2) is 10.5. The highest BCUT2D eigenvalue weighted by Gasteiger charge is 2.49. The van der Waals surface area contributed by atoms with Gasteiger partial charge < -0.3 is 4.74 Å². The summed E-state index contributed by atoms with van der Waals surface area (Å²) in [7, 11) is 0. The van der Waals surface area contributed by atoms with Gasteiger partial charge in [-0.2, -0.15) is 17.6 Å². The molecule has 1 fully saturated rings. The van der Waals surface area contributed by atoms with Crippen LogP contribution in [0.4, 0.5) is 43.9 Å². The van der Waals surface area contributed by atoms with Crippen molar-refractivity contribution in [2.24, 2.45) is 11.8 Å². The molecule has 0 aliphatic heterocycles. The summed E-state index contributed by atoms with van der Waals surface area (Å²) in [6.45, 7) is 2.01. The van der Waals surface area contributed by atoms with E-state index in [0.29, 0.717) is 24.8 Å². The monoisotopic (exact) mass is 532 g/mol.